The average molecular weight is 471 g/mol. The van der Waals surface area contributed by atoms with Gasteiger partial charge in [0.1, 0.15) is 12.4 Å². The fourth-order valence-electron chi connectivity index (χ4n) is 3.25. The monoisotopic (exact) mass is 470 g/mol. The molecule has 0 heterocycles. The van der Waals surface area contributed by atoms with Gasteiger partial charge in [0.15, 0.2) is 0 Å². The van der Waals surface area contributed by atoms with Gasteiger partial charge in [-0.3, -0.25) is 0 Å². The number of nitriles is 2. The van der Waals surface area contributed by atoms with Crippen molar-refractivity contribution >= 4 is 10.8 Å². The van der Waals surface area contributed by atoms with Crippen molar-refractivity contribution in [2.75, 3.05) is 13.7 Å². The molecule has 0 fully saturated rings. The summed E-state index contributed by atoms with van der Waals surface area (Å²) in [5.41, 5.74) is 4.64. The molecule has 0 unspecified atom stereocenters. The maximum absolute atomic E-state index is 8.68. The molecule has 0 aliphatic heterocycles. The molecule has 0 aliphatic carbocycles. The molecule has 3 aromatic carbocycles. The van der Waals surface area contributed by atoms with E-state index in [2.05, 4.69) is 77.1 Å². The van der Waals surface area contributed by atoms with Crippen LogP contribution in [0.25, 0.3) is 10.8 Å². The normalized spacial score (nSPS) is 8.91. The van der Waals surface area contributed by atoms with Gasteiger partial charge in [0.25, 0.3) is 0 Å². The number of ether oxygens (including phenoxy) is 1. The molecule has 34 heavy (non-hydrogen) atoms. The van der Waals surface area contributed by atoms with Gasteiger partial charge in [0.05, 0.1) is 24.8 Å². The summed E-state index contributed by atoms with van der Waals surface area (Å²) in [5.74, 6) is 1.83. The maximum Gasteiger partial charge on any atom is 1.00 e. The van der Waals surface area contributed by atoms with Crippen molar-refractivity contribution in [2.24, 2.45) is 0 Å². The number of aliphatic hydroxyl groups is 1. The maximum atomic E-state index is 8.68. The summed E-state index contributed by atoms with van der Waals surface area (Å²) in [4.78, 5) is 0. The first kappa shape index (κ1) is 36.2. The van der Waals surface area contributed by atoms with Crippen molar-refractivity contribution in [3.63, 3.8) is 0 Å². The van der Waals surface area contributed by atoms with Gasteiger partial charge in [0.2, 0.25) is 0 Å². The van der Waals surface area contributed by atoms with Crippen LogP contribution in [0, 0.1) is 37.0 Å². The van der Waals surface area contributed by atoms with Crippen LogP contribution < -0.4 is 34.3 Å². The van der Waals surface area contributed by atoms with E-state index in [4.69, 9.17) is 20.4 Å². The van der Waals surface area contributed by atoms with Gasteiger partial charge in [-0.05, 0) is 58.4 Å². The van der Waals surface area contributed by atoms with Crippen molar-refractivity contribution in [3.05, 3.63) is 84.3 Å². The molecule has 0 amide bonds. The van der Waals surface area contributed by atoms with Crippen LogP contribution in [0.5, 0.6) is 5.75 Å². The third-order valence-electron chi connectivity index (χ3n) is 4.81. The van der Waals surface area contributed by atoms with Gasteiger partial charge in [-0.25, -0.2) is 0 Å². The van der Waals surface area contributed by atoms with E-state index < -0.39 is 0 Å². The Hall–Kier alpha value is -2.34. The molecule has 3 rings (SSSR count). The Balaban J connectivity index is -0.000000455. The van der Waals surface area contributed by atoms with Gasteiger partial charge < -0.3 is 17.3 Å². The number of aryl methyl sites for hydroxylation is 1. The zero-order valence-electron chi connectivity index (χ0n) is 21.3. The van der Waals surface area contributed by atoms with E-state index in [1.165, 1.54) is 28.0 Å². The Morgan fingerprint density at radius 3 is 1.79 bits per heavy atom. The predicted molar refractivity (Wildman–Crippen MR) is 140 cm³/mol. The van der Waals surface area contributed by atoms with Gasteiger partial charge >= 0.3 is 29.6 Å². The van der Waals surface area contributed by atoms with E-state index in [1.54, 1.807) is 13.2 Å². The number of hydrogen-bond donors (Lipinski definition) is 1. The van der Waals surface area contributed by atoms with Crippen LogP contribution in [0.3, 0.4) is 0 Å². The van der Waals surface area contributed by atoms with Crippen LogP contribution in [0.1, 0.15) is 69.2 Å². The standard InChI is InChI=1S/C14H16.C11H13NO.C2H3NO.CH4.CH3.Na/c1-10(2)14-9-13-7-5-4-6-12(13)8-11(14)3;1-8(2)10-5-4-9(7-12)6-11(10)13-3;3-1-2-4;;;/h4-10H,1-3H3;4-6,8H,1-3H3;4H,2H2;1H4;1H3;/q;;;;-1;+1. The van der Waals surface area contributed by atoms with Crippen LogP contribution in [0.4, 0.5) is 0 Å². The van der Waals surface area contributed by atoms with Crippen molar-refractivity contribution in [2.45, 2.75) is 53.9 Å². The number of benzene rings is 3. The summed E-state index contributed by atoms with van der Waals surface area (Å²) >= 11 is 0. The second kappa shape index (κ2) is 19.0. The van der Waals surface area contributed by atoms with Gasteiger partial charge in [-0.2, -0.15) is 10.5 Å². The Labute approximate surface area is 229 Å². The van der Waals surface area contributed by atoms with E-state index in [-0.39, 0.29) is 51.0 Å². The number of hydrogen-bond acceptors (Lipinski definition) is 4. The fraction of sp³-hybridized carbons (Fsp3) is 0.345. The SMILES string of the molecule is C.COc1cc(C#N)ccc1C(C)C.Cc1cc2ccccc2cc1C(C)C.N#CCO.[CH3-].[Na+]. The molecule has 0 radical (unpaired) electrons. The van der Waals surface area contributed by atoms with E-state index >= 15 is 0 Å². The van der Waals surface area contributed by atoms with E-state index in [9.17, 15) is 0 Å². The molecule has 3 aromatic rings. The second-order valence-corrected chi connectivity index (χ2v) is 7.75. The minimum atomic E-state index is -0.375. The molecular weight excluding hydrogens is 431 g/mol. The van der Waals surface area contributed by atoms with Crippen molar-refractivity contribution < 1.29 is 39.4 Å². The Morgan fingerprint density at radius 2 is 1.38 bits per heavy atom. The zero-order valence-corrected chi connectivity index (χ0v) is 23.3. The van der Waals surface area contributed by atoms with Crippen LogP contribution >= 0.6 is 0 Å². The summed E-state index contributed by atoms with van der Waals surface area (Å²) in [5, 5.41) is 26.3. The van der Waals surface area contributed by atoms with E-state index in [1.807, 2.05) is 12.1 Å². The van der Waals surface area contributed by atoms with Crippen LogP contribution in [-0.2, 0) is 0 Å². The molecule has 4 nitrogen and oxygen atoms in total. The Bertz CT molecular complexity index is 1060. The molecule has 0 spiro atoms. The first-order valence-electron chi connectivity index (χ1n) is 10.3. The molecule has 0 bridgehead atoms. The van der Waals surface area contributed by atoms with E-state index in [0.29, 0.717) is 17.4 Å². The number of fused-ring (bicyclic) bond motifs is 1. The molecule has 0 saturated heterocycles. The smallest absolute Gasteiger partial charge is 0.496 e. The first-order chi connectivity index (χ1) is 14.8. The van der Waals surface area contributed by atoms with Crippen LogP contribution in [0.15, 0.2) is 54.6 Å². The summed E-state index contributed by atoms with van der Waals surface area (Å²) < 4.78 is 5.20. The fourth-order valence-corrected chi connectivity index (χ4v) is 3.25. The van der Waals surface area contributed by atoms with Crippen molar-refractivity contribution in [3.8, 4) is 17.9 Å². The molecule has 0 saturated carbocycles. The average Bonchev–Trinajstić information content (AvgIpc) is 2.78. The second-order valence-electron chi connectivity index (χ2n) is 7.75. The van der Waals surface area contributed by atoms with Crippen molar-refractivity contribution in [1.29, 1.82) is 10.5 Å². The zero-order chi connectivity index (χ0) is 23.4. The van der Waals surface area contributed by atoms with E-state index in [0.717, 1.165) is 11.3 Å². The minimum absolute atomic E-state index is 0. The molecule has 0 aromatic heterocycles. The number of aliphatic hydroxyl groups excluding tert-OH is 1. The molecule has 1 N–H and O–H groups in total. The third-order valence-corrected chi connectivity index (χ3v) is 4.81. The number of rotatable bonds is 3. The molecule has 5 heteroatoms. The summed E-state index contributed by atoms with van der Waals surface area (Å²) in [6, 6.07) is 22.3. The third kappa shape index (κ3) is 11.2. The van der Waals surface area contributed by atoms with Gasteiger partial charge in [-0.1, -0.05) is 77.6 Å². The molecule has 0 aliphatic rings. The number of methoxy groups -OCH3 is 1. The topological polar surface area (TPSA) is 77.0 Å². The molecule has 0 atom stereocenters. The predicted octanol–water partition coefficient (Wildman–Crippen LogP) is 4.55. The Kier molecular flexibility index (Phi) is 20.3. The quantitative estimate of drug-likeness (QED) is 0.346. The van der Waals surface area contributed by atoms with Crippen molar-refractivity contribution in [1.82, 2.24) is 0 Å². The molecule has 178 valence electrons. The molecular formula is C29H39N2NaO2. The largest absolute Gasteiger partial charge is 1.00 e. The first-order valence-corrected chi connectivity index (χ1v) is 10.3. The van der Waals surface area contributed by atoms with Gasteiger partial charge in [0, 0.05) is 0 Å². The summed E-state index contributed by atoms with van der Waals surface area (Å²) in [7, 11) is 1.63. The Morgan fingerprint density at radius 1 is 0.882 bits per heavy atom. The summed E-state index contributed by atoms with van der Waals surface area (Å²) in [6.45, 7) is 10.5. The van der Waals surface area contributed by atoms with Crippen LogP contribution in [-0.4, -0.2) is 18.8 Å². The summed E-state index contributed by atoms with van der Waals surface area (Å²) in [6.07, 6.45) is 0. The van der Waals surface area contributed by atoms with Crippen LogP contribution in [0.2, 0.25) is 0 Å². The van der Waals surface area contributed by atoms with Gasteiger partial charge in [-0.15, -0.1) is 0 Å². The number of nitrogens with zero attached hydrogens (tertiary/aromatic N) is 2. The minimum Gasteiger partial charge on any atom is -0.496 e.